The molecule has 0 aliphatic carbocycles. The molecular formula is C14H18N2O4. The number of hydrogen-bond acceptors (Lipinski definition) is 4. The molecule has 1 heterocycles. The molecular weight excluding hydrogens is 260 g/mol. The zero-order valence-corrected chi connectivity index (χ0v) is 11.6. The Morgan fingerprint density at radius 3 is 2.70 bits per heavy atom. The molecule has 0 spiro atoms. The Morgan fingerprint density at radius 1 is 1.50 bits per heavy atom. The van der Waals surface area contributed by atoms with Crippen LogP contribution in [0.25, 0.3) is 0 Å². The lowest BCUT2D eigenvalue weighted by molar-refractivity contribution is -0.385. The molecule has 1 aliphatic heterocycles. The third kappa shape index (κ3) is 2.74. The van der Waals surface area contributed by atoms with Gasteiger partial charge in [-0.05, 0) is 38.8 Å². The molecule has 0 amide bonds. The molecule has 108 valence electrons. The SMILES string of the molecule is Cc1cc(N2CCC(C(=O)O)CC2C)ccc1[N+](=O)[O-]. The van der Waals surface area contributed by atoms with E-state index in [9.17, 15) is 14.9 Å². The first kappa shape index (κ1) is 14.3. The minimum absolute atomic E-state index is 0.113. The van der Waals surface area contributed by atoms with Crippen LogP contribution in [0.4, 0.5) is 11.4 Å². The molecule has 1 saturated heterocycles. The van der Waals surface area contributed by atoms with Crippen LogP contribution < -0.4 is 4.90 Å². The van der Waals surface area contributed by atoms with Crippen molar-refractivity contribution in [3.8, 4) is 0 Å². The standard InChI is InChI=1S/C14H18N2O4/c1-9-7-12(3-4-13(9)16(19)20)15-6-5-11(14(17)18)8-10(15)2/h3-4,7,10-11H,5-6,8H2,1-2H3,(H,17,18). The highest BCUT2D eigenvalue weighted by Gasteiger charge is 2.30. The summed E-state index contributed by atoms with van der Waals surface area (Å²) in [6, 6.07) is 5.17. The van der Waals surface area contributed by atoms with E-state index in [0.29, 0.717) is 24.9 Å². The first-order valence-corrected chi connectivity index (χ1v) is 6.64. The van der Waals surface area contributed by atoms with Crippen LogP contribution >= 0.6 is 0 Å². The van der Waals surface area contributed by atoms with E-state index in [1.165, 1.54) is 6.07 Å². The number of nitro benzene ring substituents is 1. The second-order valence-electron chi connectivity index (χ2n) is 5.33. The van der Waals surface area contributed by atoms with Gasteiger partial charge in [-0.2, -0.15) is 0 Å². The maximum Gasteiger partial charge on any atom is 0.306 e. The molecule has 6 heteroatoms. The number of carboxylic acid groups (broad SMARTS) is 1. The smallest absolute Gasteiger partial charge is 0.306 e. The predicted molar refractivity (Wildman–Crippen MR) is 75.0 cm³/mol. The van der Waals surface area contributed by atoms with Crippen molar-refractivity contribution in [1.29, 1.82) is 0 Å². The van der Waals surface area contributed by atoms with E-state index in [-0.39, 0.29) is 22.6 Å². The maximum absolute atomic E-state index is 11.0. The summed E-state index contributed by atoms with van der Waals surface area (Å²) in [5, 5.41) is 19.9. The summed E-state index contributed by atoms with van der Waals surface area (Å²) in [5.41, 5.74) is 1.66. The van der Waals surface area contributed by atoms with Gasteiger partial charge in [0.2, 0.25) is 0 Å². The number of aryl methyl sites for hydroxylation is 1. The second-order valence-corrected chi connectivity index (χ2v) is 5.33. The molecule has 0 bridgehead atoms. The lowest BCUT2D eigenvalue weighted by Crippen LogP contribution is -2.42. The third-order valence-corrected chi connectivity index (χ3v) is 3.93. The lowest BCUT2D eigenvalue weighted by atomic mass is 9.91. The van der Waals surface area contributed by atoms with Crippen LogP contribution in [0.2, 0.25) is 0 Å². The number of aliphatic carboxylic acids is 1. The van der Waals surface area contributed by atoms with Gasteiger partial charge in [0.1, 0.15) is 0 Å². The molecule has 20 heavy (non-hydrogen) atoms. The highest BCUT2D eigenvalue weighted by Crippen LogP contribution is 2.31. The van der Waals surface area contributed by atoms with Crippen molar-refractivity contribution in [3.63, 3.8) is 0 Å². The normalized spacial score (nSPS) is 22.6. The van der Waals surface area contributed by atoms with Crippen molar-refractivity contribution in [1.82, 2.24) is 0 Å². The Kier molecular flexibility index (Phi) is 3.92. The number of hydrogen-bond donors (Lipinski definition) is 1. The number of anilines is 1. The molecule has 6 nitrogen and oxygen atoms in total. The molecule has 1 aliphatic rings. The Hall–Kier alpha value is -2.11. The van der Waals surface area contributed by atoms with Gasteiger partial charge in [0.15, 0.2) is 0 Å². The van der Waals surface area contributed by atoms with Crippen molar-refractivity contribution in [3.05, 3.63) is 33.9 Å². The average Bonchev–Trinajstić information content (AvgIpc) is 2.37. The largest absolute Gasteiger partial charge is 0.481 e. The highest BCUT2D eigenvalue weighted by molar-refractivity contribution is 5.70. The lowest BCUT2D eigenvalue weighted by Gasteiger charge is -2.38. The number of piperidine rings is 1. The summed E-state index contributed by atoms with van der Waals surface area (Å²) < 4.78 is 0. The van der Waals surface area contributed by atoms with E-state index in [2.05, 4.69) is 4.90 Å². The van der Waals surface area contributed by atoms with Crippen LogP contribution in [-0.2, 0) is 4.79 Å². The minimum Gasteiger partial charge on any atom is -0.481 e. The van der Waals surface area contributed by atoms with Crippen molar-refractivity contribution in [2.45, 2.75) is 32.7 Å². The molecule has 2 unspecified atom stereocenters. The Morgan fingerprint density at radius 2 is 2.20 bits per heavy atom. The summed E-state index contributed by atoms with van der Waals surface area (Å²) >= 11 is 0. The van der Waals surface area contributed by atoms with Gasteiger partial charge < -0.3 is 10.0 Å². The van der Waals surface area contributed by atoms with E-state index in [1.54, 1.807) is 19.1 Å². The number of nitrogens with zero attached hydrogens (tertiary/aromatic N) is 2. The van der Waals surface area contributed by atoms with Crippen molar-refractivity contribution in [2.75, 3.05) is 11.4 Å². The highest BCUT2D eigenvalue weighted by atomic mass is 16.6. The van der Waals surface area contributed by atoms with Gasteiger partial charge >= 0.3 is 5.97 Å². The van der Waals surface area contributed by atoms with Crippen molar-refractivity contribution >= 4 is 17.3 Å². The van der Waals surface area contributed by atoms with E-state index < -0.39 is 5.97 Å². The fraction of sp³-hybridized carbons (Fsp3) is 0.500. The average molecular weight is 278 g/mol. The Balaban J connectivity index is 2.19. The summed E-state index contributed by atoms with van der Waals surface area (Å²) in [6.45, 7) is 4.37. The van der Waals surface area contributed by atoms with Crippen LogP contribution in [0.3, 0.4) is 0 Å². The van der Waals surface area contributed by atoms with Crippen LogP contribution in [0.15, 0.2) is 18.2 Å². The quantitative estimate of drug-likeness (QED) is 0.678. The van der Waals surface area contributed by atoms with Gasteiger partial charge in [0.25, 0.3) is 5.69 Å². The Labute approximate surface area is 117 Å². The van der Waals surface area contributed by atoms with Gasteiger partial charge in [-0.3, -0.25) is 14.9 Å². The van der Waals surface area contributed by atoms with Gasteiger partial charge in [0.05, 0.1) is 10.8 Å². The van der Waals surface area contributed by atoms with Gasteiger partial charge in [-0.25, -0.2) is 0 Å². The van der Waals surface area contributed by atoms with Crippen molar-refractivity contribution < 1.29 is 14.8 Å². The fourth-order valence-electron chi connectivity index (χ4n) is 2.80. The summed E-state index contributed by atoms with van der Waals surface area (Å²) in [4.78, 5) is 23.6. The van der Waals surface area contributed by atoms with E-state index in [0.717, 1.165) is 5.69 Å². The number of carbonyl (C=O) groups is 1. The molecule has 0 aromatic heterocycles. The molecule has 1 fully saturated rings. The zero-order valence-electron chi connectivity index (χ0n) is 11.6. The van der Waals surface area contributed by atoms with Crippen molar-refractivity contribution in [2.24, 2.45) is 5.92 Å². The number of nitro groups is 1. The fourth-order valence-corrected chi connectivity index (χ4v) is 2.80. The van der Waals surface area contributed by atoms with Crippen LogP contribution in [0, 0.1) is 23.0 Å². The minimum atomic E-state index is -0.739. The molecule has 1 aromatic rings. The molecule has 2 rings (SSSR count). The van der Waals surface area contributed by atoms with Gasteiger partial charge in [-0.15, -0.1) is 0 Å². The molecule has 1 N–H and O–H groups in total. The molecule has 2 atom stereocenters. The van der Waals surface area contributed by atoms with Crippen LogP contribution in [-0.4, -0.2) is 28.6 Å². The molecule has 0 saturated carbocycles. The molecule has 1 aromatic carbocycles. The van der Waals surface area contributed by atoms with Crippen LogP contribution in [0.1, 0.15) is 25.3 Å². The number of benzene rings is 1. The maximum atomic E-state index is 11.0. The van der Waals surface area contributed by atoms with Gasteiger partial charge in [-0.1, -0.05) is 0 Å². The monoisotopic (exact) mass is 278 g/mol. The van der Waals surface area contributed by atoms with Gasteiger partial charge in [0, 0.05) is 29.9 Å². The predicted octanol–water partition coefficient (Wildman–Crippen LogP) is 2.59. The van der Waals surface area contributed by atoms with E-state index in [4.69, 9.17) is 5.11 Å². The first-order valence-electron chi connectivity index (χ1n) is 6.64. The third-order valence-electron chi connectivity index (χ3n) is 3.93. The summed E-state index contributed by atoms with van der Waals surface area (Å²) in [6.07, 6.45) is 1.21. The second kappa shape index (κ2) is 5.48. The number of rotatable bonds is 3. The Bertz CT molecular complexity index is 544. The zero-order chi connectivity index (χ0) is 14.9. The van der Waals surface area contributed by atoms with E-state index in [1.807, 2.05) is 6.92 Å². The van der Waals surface area contributed by atoms with E-state index >= 15 is 0 Å². The first-order chi connectivity index (χ1) is 9.40. The van der Waals surface area contributed by atoms with Crippen LogP contribution in [0.5, 0.6) is 0 Å². The topological polar surface area (TPSA) is 83.7 Å². The summed E-state index contributed by atoms with van der Waals surface area (Å²) in [7, 11) is 0. The summed E-state index contributed by atoms with van der Waals surface area (Å²) in [5.74, 6) is -1.03. The molecule has 0 radical (unpaired) electrons. The number of carboxylic acids is 1.